The number of carbonyl (C=O) groups is 2. The van der Waals surface area contributed by atoms with Gasteiger partial charge in [-0.1, -0.05) is 6.92 Å². The van der Waals surface area contributed by atoms with Crippen LogP contribution in [-0.4, -0.2) is 16.7 Å². The monoisotopic (exact) mass is 174 g/mol. The number of esters is 2. The normalized spacial score (nSPS) is 37.5. The molecule has 0 N–H and O–H groups in total. The van der Waals surface area contributed by atoms with E-state index in [0.717, 1.165) is 0 Å². The molecule has 0 aliphatic carbocycles. The van der Waals surface area contributed by atoms with Crippen molar-refractivity contribution >= 4 is 24.6 Å². The van der Waals surface area contributed by atoms with Crippen molar-refractivity contribution in [1.82, 2.24) is 0 Å². The lowest BCUT2D eigenvalue weighted by molar-refractivity contribution is -0.153. The van der Waals surface area contributed by atoms with E-state index in [-0.39, 0.29) is 0 Å². The van der Waals surface area contributed by atoms with Gasteiger partial charge in [0.25, 0.3) is 0 Å². The second-order valence-corrected chi connectivity index (χ2v) is 3.75. The number of carbonyl (C=O) groups excluding carboxylic acids is 2. The third-order valence-electron chi connectivity index (χ3n) is 1.98. The molecule has 0 spiro atoms. The molecule has 0 aromatic rings. The SMILES string of the molecule is CCC1C(=O)OC(=O)C1(C)S. The highest BCUT2D eigenvalue weighted by molar-refractivity contribution is 7.82. The van der Waals surface area contributed by atoms with Gasteiger partial charge in [-0.25, -0.2) is 0 Å². The zero-order valence-electron chi connectivity index (χ0n) is 6.46. The van der Waals surface area contributed by atoms with Crippen molar-refractivity contribution in [2.45, 2.75) is 25.0 Å². The molecule has 1 heterocycles. The lowest BCUT2D eigenvalue weighted by Crippen LogP contribution is -2.31. The smallest absolute Gasteiger partial charge is 0.330 e. The minimum absolute atomic E-state index is 0.390. The Bertz CT molecular complexity index is 210. The predicted molar refractivity (Wildman–Crippen MR) is 42.3 cm³/mol. The van der Waals surface area contributed by atoms with Gasteiger partial charge in [0.15, 0.2) is 0 Å². The van der Waals surface area contributed by atoms with Crippen LogP contribution < -0.4 is 0 Å². The van der Waals surface area contributed by atoms with Gasteiger partial charge >= 0.3 is 11.9 Å². The molecular formula is C7H10O3S. The molecule has 1 rings (SSSR count). The fraction of sp³-hybridized carbons (Fsp3) is 0.714. The predicted octanol–water partition coefficient (Wildman–Crippen LogP) is 0.784. The van der Waals surface area contributed by atoms with E-state index in [4.69, 9.17) is 0 Å². The largest absolute Gasteiger partial charge is 0.392 e. The lowest BCUT2D eigenvalue weighted by Gasteiger charge is -2.16. The number of thiol groups is 1. The molecule has 0 amide bonds. The van der Waals surface area contributed by atoms with E-state index in [1.54, 1.807) is 6.92 Å². The van der Waals surface area contributed by atoms with Crippen molar-refractivity contribution < 1.29 is 14.3 Å². The van der Waals surface area contributed by atoms with Crippen LogP contribution in [0.4, 0.5) is 0 Å². The first kappa shape index (κ1) is 8.59. The highest BCUT2D eigenvalue weighted by Crippen LogP contribution is 2.35. The van der Waals surface area contributed by atoms with Crippen molar-refractivity contribution in [3.8, 4) is 0 Å². The minimum Gasteiger partial charge on any atom is -0.392 e. The molecule has 1 saturated heterocycles. The van der Waals surface area contributed by atoms with Gasteiger partial charge in [-0.3, -0.25) is 9.59 Å². The number of ether oxygens (including phenoxy) is 1. The quantitative estimate of drug-likeness (QED) is 0.363. The Kier molecular flexibility index (Phi) is 1.96. The van der Waals surface area contributed by atoms with Gasteiger partial charge in [0.05, 0.1) is 5.92 Å². The van der Waals surface area contributed by atoms with Crippen molar-refractivity contribution in [1.29, 1.82) is 0 Å². The van der Waals surface area contributed by atoms with E-state index in [1.807, 2.05) is 6.92 Å². The Hall–Kier alpha value is -0.510. The summed E-state index contributed by atoms with van der Waals surface area (Å²) < 4.78 is 3.50. The van der Waals surface area contributed by atoms with Gasteiger partial charge in [-0.2, -0.15) is 12.6 Å². The van der Waals surface area contributed by atoms with E-state index < -0.39 is 22.6 Å². The maximum Gasteiger partial charge on any atom is 0.330 e. The van der Waals surface area contributed by atoms with Crippen LogP contribution in [-0.2, 0) is 14.3 Å². The molecular weight excluding hydrogens is 164 g/mol. The summed E-state index contributed by atoms with van der Waals surface area (Å²) in [6.45, 7) is 3.44. The Morgan fingerprint density at radius 1 is 1.64 bits per heavy atom. The first-order chi connectivity index (χ1) is 5.00. The summed E-state index contributed by atoms with van der Waals surface area (Å²) in [6.07, 6.45) is 0.588. The van der Waals surface area contributed by atoms with E-state index in [0.29, 0.717) is 6.42 Å². The Labute approximate surface area is 70.5 Å². The van der Waals surface area contributed by atoms with E-state index in [2.05, 4.69) is 17.4 Å². The average Bonchev–Trinajstić information content (AvgIpc) is 2.04. The molecule has 2 atom stereocenters. The summed E-state index contributed by atoms with van der Waals surface area (Å²) in [5, 5.41) is 0. The topological polar surface area (TPSA) is 43.4 Å². The summed E-state index contributed by atoms with van der Waals surface area (Å²) in [6, 6.07) is 0. The van der Waals surface area contributed by atoms with Crippen LogP contribution in [0.15, 0.2) is 0 Å². The Morgan fingerprint density at radius 2 is 2.18 bits per heavy atom. The van der Waals surface area contributed by atoms with Gasteiger partial charge in [-0.15, -0.1) is 0 Å². The van der Waals surface area contributed by atoms with Crippen LogP contribution in [0.3, 0.4) is 0 Å². The molecule has 1 aliphatic rings. The van der Waals surface area contributed by atoms with E-state index in [1.165, 1.54) is 0 Å². The molecule has 62 valence electrons. The summed E-state index contributed by atoms with van der Waals surface area (Å²) >= 11 is 4.08. The van der Waals surface area contributed by atoms with Crippen LogP contribution in [0.5, 0.6) is 0 Å². The highest BCUT2D eigenvalue weighted by atomic mass is 32.1. The third-order valence-corrected chi connectivity index (χ3v) is 2.47. The standard InChI is InChI=1S/C7H10O3S/c1-3-4-5(8)10-6(9)7(4,2)11/h4,11H,3H2,1-2H3. The molecule has 0 radical (unpaired) electrons. The van der Waals surface area contributed by atoms with Gasteiger partial charge in [0.1, 0.15) is 4.75 Å². The zero-order chi connectivity index (χ0) is 8.65. The average molecular weight is 174 g/mol. The molecule has 0 aromatic heterocycles. The Morgan fingerprint density at radius 3 is 2.36 bits per heavy atom. The lowest BCUT2D eigenvalue weighted by atomic mass is 9.93. The molecule has 0 saturated carbocycles. The molecule has 2 unspecified atom stereocenters. The van der Waals surface area contributed by atoms with Gasteiger partial charge in [-0.05, 0) is 13.3 Å². The van der Waals surface area contributed by atoms with E-state index in [9.17, 15) is 9.59 Å². The van der Waals surface area contributed by atoms with E-state index >= 15 is 0 Å². The second-order valence-electron chi connectivity index (χ2n) is 2.82. The van der Waals surface area contributed by atoms with Crippen molar-refractivity contribution in [3.05, 3.63) is 0 Å². The third kappa shape index (κ3) is 1.15. The first-order valence-electron chi connectivity index (χ1n) is 3.48. The maximum atomic E-state index is 11.0. The van der Waals surface area contributed by atoms with Crippen molar-refractivity contribution in [3.63, 3.8) is 0 Å². The molecule has 0 bridgehead atoms. The maximum absolute atomic E-state index is 11.0. The fourth-order valence-corrected chi connectivity index (χ4v) is 1.54. The summed E-state index contributed by atoms with van der Waals surface area (Å²) in [7, 11) is 0. The summed E-state index contributed by atoms with van der Waals surface area (Å²) in [5.74, 6) is -1.37. The molecule has 4 heteroatoms. The first-order valence-corrected chi connectivity index (χ1v) is 3.93. The number of rotatable bonds is 1. The van der Waals surface area contributed by atoms with Crippen molar-refractivity contribution in [2.75, 3.05) is 0 Å². The molecule has 0 aromatic carbocycles. The van der Waals surface area contributed by atoms with Crippen LogP contribution in [0.1, 0.15) is 20.3 Å². The van der Waals surface area contributed by atoms with Gasteiger partial charge in [0.2, 0.25) is 0 Å². The number of hydrogen-bond donors (Lipinski definition) is 1. The second kappa shape index (κ2) is 2.52. The molecule has 1 aliphatic heterocycles. The van der Waals surface area contributed by atoms with Gasteiger partial charge in [0, 0.05) is 0 Å². The van der Waals surface area contributed by atoms with Crippen LogP contribution in [0.25, 0.3) is 0 Å². The molecule has 11 heavy (non-hydrogen) atoms. The van der Waals surface area contributed by atoms with Crippen LogP contribution in [0, 0.1) is 5.92 Å². The van der Waals surface area contributed by atoms with Crippen LogP contribution >= 0.6 is 12.6 Å². The number of cyclic esters (lactones) is 2. The zero-order valence-corrected chi connectivity index (χ0v) is 7.35. The number of hydrogen-bond acceptors (Lipinski definition) is 4. The Balaban J connectivity index is 2.93. The van der Waals surface area contributed by atoms with Crippen LogP contribution in [0.2, 0.25) is 0 Å². The molecule has 1 fully saturated rings. The highest BCUT2D eigenvalue weighted by Gasteiger charge is 2.50. The molecule has 3 nitrogen and oxygen atoms in total. The van der Waals surface area contributed by atoms with Crippen molar-refractivity contribution in [2.24, 2.45) is 5.92 Å². The fourth-order valence-electron chi connectivity index (χ4n) is 1.20. The minimum atomic E-state index is -0.925. The van der Waals surface area contributed by atoms with Gasteiger partial charge < -0.3 is 4.74 Å². The summed E-state index contributed by atoms with van der Waals surface area (Å²) in [4.78, 5) is 21.9. The summed E-state index contributed by atoms with van der Waals surface area (Å²) in [5.41, 5.74) is 0.